The number of hydrogen-bond acceptors (Lipinski definition) is 2. The van der Waals surface area contributed by atoms with Crippen molar-refractivity contribution in [2.24, 2.45) is 0 Å². The standard InChI is InChI=1S/C21H20FN3O/c1-14-19(13-23-25(14)17-11-9-16(22)10-12-17)21(26)24-20-8-4-6-15-5-2-3-7-18(15)20/h4,6,8-13H,2-3,5,7H2,1H3,(H,24,26). The molecule has 132 valence electrons. The summed E-state index contributed by atoms with van der Waals surface area (Å²) < 4.78 is 14.8. The highest BCUT2D eigenvalue weighted by Gasteiger charge is 2.18. The van der Waals surface area contributed by atoms with Gasteiger partial charge >= 0.3 is 0 Å². The van der Waals surface area contributed by atoms with E-state index in [1.165, 1.54) is 29.7 Å². The van der Waals surface area contributed by atoms with E-state index < -0.39 is 0 Å². The molecule has 0 fully saturated rings. The molecule has 1 N–H and O–H groups in total. The minimum absolute atomic E-state index is 0.171. The molecule has 0 unspecified atom stereocenters. The van der Waals surface area contributed by atoms with Crippen LogP contribution in [0.15, 0.2) is 48.7 Å². The van der Waals surface area contributed by atoms with Gasteiger partial charge in [-0.2, -0.15) is 5.10 Å². The number of rotatable bonds is 3. The molecule has 26 heavy (non-hydrogen) atoms. The monoisotopic (exact) mass is 349 g/mol. The van der Waals surface area contributed by atoms with Gasteiger partial charge in [-0.05, 0) is 74.1 Å². The maximum Gasteiger partial charge on any atom is 0.259 e. The molecule has 0 aliphatic heterocycles. The summed E-state index contributed by atoms with van der Waals surface area (Å²) in [5.74, 6) is -0.472. The fourth-order valence-electron chi connectivity index (χ4n) is 3.56. The number of carbonyl (C=O) groups excluding carboxylic acids is 1. The highest BCUT2D eigenvalue weighted by atomic mass is 19.1. The van der Waals surface area contributed by atoms with Crippen molar-refractivity contribution < 1.29 is 9.18 Å². The number of nitrogens with one attached hydrogen (secondary N) is 1. The van der Waals surface area contributed by atoms with E-state index in [1.54, 1.807) is 23.0 Å². The Morgan fingerprint density at radius 2 is 1.88 bits per heavy atom. The first-order valence-corrected chi connectivity index (χ1v) is 8.86. The Morgan fingerprint density at radius 1 is 1.12 bits per heavy atom. The number of carbonyl (C=O) groups is 1. The number of amides is 1. The summed E-state index contributed by atoms with van der Waals surface area (Å²) in [6.07, 6.45) is 5.99. The van der Waals surface area contributed by atoms with Gasteiger partial charge in [-0.25, -0.2) is 9.07 Å². The first kappa shape index (κ1) is 16.5. The second kappa shape index (κ2) is 6.75. The lowest BCUT2D eigenvalue weighted by molar-refractivity contribution is 0.102. The number of nitrogens with zero attached hydrogens (tertiary/aromatic N) is 2. The van der Waals surface area contributed by atoms with Crippen molar-refractivity contribution in [1.29, 1.82) is 0 Å². The van der Waals surface area contributed by atoms with Crippen LogP contribution in [0.2, 0.25) is 0 Å². The first-order chi connectivity index (χ1) is 12.6. The summed E-state index contributed by atoms with van der Waals surface area (Å²) in [5, 5.41) is 7.35. The summed E-state index contributed by atoms with van der Waals surface area (Å²) >= 11 is 0. The fraction of sp³-hybridized carbons (Fsp3) is 0.238. The van der Waals surface area contributed by atoms with E-state index in [0.717, 1.165) is 36.3 Å². The van der Waals surface area contributed by atoms with Crippen molar-refractivity contribution in [3.63, 3.8) is 0 Å². The Balaban J connectivity index is 1.61. The number of hydrogen-bond donors (Lipinski definition) is 1. The lowest BCUT2D eigenvalue weighted by Gasteiger charge is -2.19. The molecule has 0 radical (unpaired) electrons. The predicted octanol–water partition coefficient (Wildman–Crippen LogP) is 4.45. The number of fused-ring (bicyclic) bond motifs is 1. The van der Waals surface area contributed by atoms with Crippen molar-refractivity contribution in [3.8, 4) is 5.69 Å². The Bertz CT molecular complexity index is 960. The van der Waals surface area contributed by atoms with Gasteiger partial charge in [-0.3, -0.25) is 4.79 Å². The number of aryl methyl sites for hydroxylation is 1. The molecule has 3 aromatic rings. The second-order valence-corrected chi connectivity index (χ2v) is 6.64. The highest BCUT2D eigenvalue weighted by Crippen LogP contribution is 2.28. The lowest BCUT2D eigenvalue weighted by atomic mass is 9.90. The van der Waals surface area contributed by atoms with Gasteiger partial charge in [0, 0.05) is 5.69 Å². The van der Waals surface area contributed by atoms with Crippen molar-refractivity contribution in [1.82, 2.24) is 9.78 Å². The molecule has 4 nitrogen and oxygen atoms in total. The zero-order chi connectivity index (χ0) is 18.1. The number of anilines is 1. The molecular formula is C21H20FN3O. The molecule has 2 aromatic carbocycles. The van der Waals surface area contributed by atoms with Gasteiger partial charge < -0.3 is 5.32 Å². The third-order valence-corrected chi connectivity index (χ3v) is 4.97. The van der Waals surface area contributed by atoms with Gasteiger partial charge in [0.2, 0.25) is 0 Å². The minimum Gasteiger partial charge on any atom is -0.322 e. The molecule has 0 bridgehead atoms. The molecule has 0 saturated heterocycles. The van der Waals surface area contributed by atoms with E-state index in [-0.39, 0.29) is 11.7 Å². The van der Waals surface area contributed by atoms with Crippen LogP contribution in [0.1, 0.15) is 40.0 Å². The molecule has 5 heteroatoms. The van der Waals surface area contributed by atoms with Crippen LogP contribution in [0.4, 0.5) is 10.1 Å². The van der Waals surface area contributed by atoms with E-state index >= 15 is 0 Å². The van der Waals surface area contributed by atoms with E-state index in [2.05, 4.69) is 16.5 Å². The summed E-state index contributed by atoms with van der Waals surface area (Å²) in [7, 11) is 0. The topological polar surface area (TPSA) is 46.9 Å². The summed E-state index contributed by atoms with van der Waals surface area (Å²) in [4.78, 5) is 12.8. The van der Waals surface area contributed by atoms with Crippen molar-refractivity contribution in [3.05, 3.63) is 76.9 Å². The molecule has 1 aliphatic rings. The lowest BCUT2D eigenvalue weighted by Crippen LogP contribution is -2.16. The summed E-state index contributed by atoms with van der Waals surface area (Å²) in [5.41, 5.74) is 5.42. The largest absolute Gasteiger partial charge is 0.322 e. The van der Waals surface area contributed by atoms with Crippen molar-refractivity contribution >= 4 is 11.6 Å². The van der Waals surface area contributed by atoms with Gasteiger partial charge in [0.15, 0.2) is 0 Å². The van der Waals surface area contributed by atoms with E-state index in [1.807, 2.05) is 19.1 Å². The van der Waals surface area contributed by atoms with Gasteiger partial charge in [0.25, 0.3) is 5.91 Å². The molecule has 1 amide bonds. The summed E-state index contributed by atoms with van der Waals surface area (Å²) in [6.45, 7) is 1.84. The van der Waals surface area contributed by atoms with Crippen molar-refractivity contribution in [2.75, 3.05) is 5.32 Å². The van der Waals surface area contributed by atoms with Crippen LogP contribution in [-0.2, 0) is 12.8 Å². The third-order valence-electron chi connectivity index (χ3n) is 4.97. The normalized spacial score (nSPS) is 13.3. The zero-order valence-corrected chi connectivity index (χ0v) is 14.6. The third kappa shape index (κ3) is 3.01. The number of benzene rings is 2. The van der Waals surface area contributed by atoms with Gasteiger partial charge in [0.1, 0.15) is 5.82 Å². The highest BCUT2D eigenvalue weighted by molar-refractivity contribution is 6.05. The average molecular weight is 349 g/mol. The van der Waals surface area contributed by atoms with Crippen LogP contribution in [0, 0.1) is 12.7 Å². The molecule has 4 rings (SSSR count). The minimum atomic E-state index is -0.301. The van der Waals surface area contributed by atoms with E-state index in [0.29, 0.717) is 5.56 Å². The van der Waals surface area contributed by atoms with E-state index in [4.69, 9.17) is 0 Å². The molecule has 1 heterocycles. The van der Waals surface area contributed by atoms with Gasteiger partial charge in [0.05, 0.1) is 23.1 Å². The van der Waals surface area contributed by atoms with Gasteiger partial charge in [-0.15, -0.1) is 0 Å². The van der Waals surface area contributed by atoms with E-state index in [9.17, 15) is 9.18 Å². The SMILES string of the molecule is Cc1c(C(=O)Nc2cccc3c2CCCC3)cnn1-c1ccc(F)cc1. The second-order valence-electron chi connectivity index (χ2n) is 6.64. The first-order valence-electron chi connectivity index (χ1n) is 8.86. The molecule has 0 atom stereocenters. The quantitative estimate of drug-likeness (QED) is 0.759. The smallest absolute Gasteiger partial charge is 0.259 e. The Morgan fingerprint density at radius 3 is 2.69 bits per heavy atom. The predicted molar refractivity (Wildman–Crippen MR) is 99.3 cm³/mol. The molecule has 0 spiro atoms. The summed E-state index contributed by atoms with van der Waals surface area (Å²) in [6, 6.07) is 12.1. The maximum absolute atomic E-state index is 13.1. The Kier molecular flexibility index (Phi) is 4.29. The van der Waals surface area contributed by atoms with Crippen LogP contribution in [0.3, 0.4) is 0 Å². The van der Waals surface area contributed by atoms with Crippen LogP contribution in [0.5, 0.6) is 0 Å². The van der Waals surface area contributed by atoms with Gasteiger partial charge in [-0.1, -0.05) is 12.1 Å². The van der Waals surface area contributed by atoms with Crippen molar-refractivity contribution in [2.45, 2.75) is 32.6 Å². The molecule has 1 aromatic heterocycles. The van der Waals surface area contributed by atoms with Crippen LogP contribution < -0.4 is 5.32 Å². The Hall–Kier alpha value is -2.95. The number of halogens is 1. The zero-order valence-electron chi connectivity index (χ0n) is 14.6. The van der Waals surface area contributed by atoms with Crippen LogP contribution in [-0.4, -0.2) is 15.7 Å². The Labute approximate surface area is 151 Å². The number of aromatic nitrogens is 2. The molecule has 1 aliphatic carbocycles. The van der Waals surface area contributed by atoms with Crippen LogP contribution in [0.25, 0.3) is 5.69 Å². The van der Waals surface area contributed by atoms with Crippen LogP contribution >= 0.6 is 0 Å². The average Bonchev–Trinajstić information content (AvgIpc) is 3.04. The fourth-order valence-corrected chi connectivity index (χ4v) is 3.56. The maximum atomic E-state index is 13.1. The molecule has 0 saturated carbocycles. The molecular weight excluding hydrogens is 329 g/mol.